The van der Waals surface area contributed by atoms with E-state index < -0.39 is 0 Å². The summed E-state index contributed by atoms with van der Waals surface area (Å²) in [5, 5.41) is 0. The molecule has 0 amide bonds. The van der Waals surface area contributed by atoms with Crippen LogP contribution in [0.5, 0.6) is 0 Å². The van der Waals surface area contributed by atoms with E-state index in [1.807, 2.05) is 6.07 Å². The second-order valence-corrected chi connectivity index (χ2v) is 4.56. The quantitative estimate of drug-likeness (QED) is 0.505. The van der Waals surface area contributed by atoms with Gasteiger partial charge in [-0.1, -0.05) is 19.1 Å². The summed E-state index contributed by atoms with van der Waals surface area (Å²) in [7, 11) is 0. The van der Waals surface area contributed by atoms with Crippen molar-refractivity contribution in [3.8, 4) is 0 Å². The van der Waals surface area contributed by atoms with E-state index in [0.717, 1.165) is 38.0 Å². The maximum absolute atomic E-state index is 13.0. The Balaban J connectivity index is 2.35. The zero-order valence-corrected chi connectivity index (χ0v) is 11.0. The molecule has 0 saturated heterocycles. The number of halogens is 2. The van der Waals surface area contributed by atoms with Gasteiger partial charge < -0.3 is 4.74 Å². The van der Waals surface area contributed by atoms with Gasteiger partial charge in [-0.15, -0.1) is 11.6 Å². The average Bonchev–Trinajstić information content (AvgIpc) is 2.33. The first kappa shape index (κ1) is 14.5. The second-order valence-electron chi connectivity index (χ2n) is 4.26. The van der Waals surface area contributed by atoms with Gasteiger partial charge in [0.2, 0.25) is 0 Å². The van der Waals surface area contributed by atoms with Crippen molar-refractivity contribution in [3.05, 3.63) is 35.6 Å². The minimum Gasteiger partial charge on any atom is -0.381 e. The van der Waals surface area contributed by atoms with Crippen molar-refractivity contribution < 1.29 is 9.13 Å². The Kier molecular flexibility index (Phi) is 7.22. The molecule has 1 nitrogen and oxygen atoms in total. The molecule has 0 spiro atoms. The van der Waals surface area contributed by atoms with Crippen LogP contribution in [0.2, 0.25) is 0 Å². The molecule has 96 valence electrons. The van der Waals surface area contributed by atoms with Crippen LogP contribution in [0.4, 0.5) is 4.39 Å². The highest BCUT2D eigenvalue weighted by atomic mass is 35.5. The van der Waals surface area contributed by atoms with Crippen LogP contribution >= 0.6 is 11.6 Å². The van der Waals surface area contributed by atoms with Crippen LogP contribution < -0.4 is 0 Å². The average molecular weight is 259 g/mol. The summed E-state index contributed by atoms with van der Waals surface area (Å²) in [6.07, 6.45) is 2.78. The monoisotopic (exact) mass is 258 g/mol. The molecule has 1 unspecified atom stereocenters. The van der Waals surface area contributed by atoms with E-state index in [1.54, 1.807) is 12.1 Å². The highest BCUT2D eigenvalue weighted by Crippen LogP contribution is 2.15. The lowest BCUT2D eigenvalue weighted by Gasteiger charge is -2.14. The molecular formula is C14H20ClFO. The summed E-state index contributed by atoms with van der Waals surface area (Å²) in [5.74, 6) is 0.764. The molecule has 0 radical (unpaired) electrons. The van der Waals surface area contributed by atoms with Gasteiger partial charge in [-0.3, -0.25) is 0 Å². The van der Waals surface area contributed by atoms with Crippen LogP contribution in [-0.2, 0) is 11.2 Å². The van der Waals surface area contributed by atoms with Gasteiger partial charge in [0, 0.05) is 19.1 Å². The van der Waals surface area contributed by atoms with E-state index in [4.69, 9.17) is 16.3 Å². The van der Waals surface area contributed by atoms with Crippen molar-refractivity contribution in [2.24, 2.45) is 5.92 Å². The number of rotatable bonds is 8. The number of hydrogen-bond donors (Lipinski definition) is 0. The highest BCUT2D eigenvalue weighted by molar-refractivity contribution is 6.18. The molecule has 0 N–H and O–H groups in total. The Morgan fingerprint density at radius 2 is 2.18 bits per heavy atom. The Morgan fingerprint density at radius 1 is 1.35 bits per heavy atom. The fraction of sp³-hybridized carbons (Fsp3) is 0.571. The maximum Gasteiger partial charge on any atom is 0.123 e. The van der Waals surface area contributed by atoms with Gasteiger partial charge in [-0.25, -0.2) is 4.39 Å². The molecule has 0 heterocycles. The van der Waals surface area contributed by atoms with Crippen LogP contribution in [0.25, 0.3) is 0 Å². The largest absolute Gasteiger partial charge is 0.381 e. The Hall–Kier alpha value is -0.600. The maximum atomic E-state index is 13.0. The smallest absolute Gasteiger partial charge is 0.123 e. The summed E-state index contributed by atoms with van der Waals surface area (Å²) < 4.78 is 18.5. The van der Waals surface area contributed by atoms with Crippen LogP contribution in [0.3, 0.4) is 0 Å². The lowest BCUT2D eigenvalue weighted by atomic mass is 9.98. The normalized spacial score (nSPS) is 12.6. The van der Waals surface area contributed by atoms with Crippen molar-refractivity contribution in [3.63, 3.8) is 0 Å². The minimum absolute atomic E-state index is 0.182. The van der Waals surface area contributed by atoms with E-state index >= 15 is 0 Å². The molecule has 0 aliphatic carbocycles. The number of benzene rings is 1. The van der Waals surface area contributed by atoms with Crippen LogP contribution in [0, 0.1) is 11.7 Å². The molecule has 0 saturated carbocycles. The third-order valence-electron chi connectivity index (χ3n) is 2.65. The predicted octanol–water partition coefficient (Wildman–Crippen LogP) is 4.04. The third kappa shape index (κ3) is 6.04. The molecule has 0 bridgehead atoms. The lowest BCUT2D eigenvalue weighted by Crippen LogP contribution is -2.10. The van der Waals surface area contributed by atoms with Crippen molar-refractivity contribution >= 4 is 11.6 Å². The Labute approximate surface area is 108 Å². The molecule has 1 aromatic carbocycles. The first-order valence-electron chi connectivity index (χ1n) is 6.14. The highest BCUT2D eigenvalue weighted by Gasteiger charge is 2.09. The predicted molar refractivity (Wildman–Crippen MR) is 70.0 cm³/mol. The summed E-state index contributed by atoms with van der Waals surface area (Å²) in [5.41, 5.74) is 1.01. The van der Waals surface area contributed by atoms with Gasteiger partial charge in [-0.05, 0) is 42.9 Å². The van der Waals surface area contributed by atoms with E-state index in [2.05, 4.69) is 6.92 Å². The van der Waals surface area contributed by atoms with Gasteiger partial charge in [0.1, 0.15) is 5.82 Å². The molecule has 3 heteroatoms. The van der Waals surface area contributed by atoms with Crippen LogP contribution in [0.15, 0.2) is 24.3 Å². The number of hydrogen-bond acceptors (Lipinski definition) is 1. The van der Waals surface area contributed by atoms with Crippen LogP contribution in [-0.4, -0.2) is 19.1 Å². The van der Waals surface area contributed by atoms with Crippen molar-refractivity contribution in [2.75, 3.05) is 19.1 Å². The molecule has 1 rings (SSSR count). The first-order valence-corrected chi connectivity index (χ1v) is 6.67. The minimum atomic E-state index is -0.182. The molecule has 0 aromatic heterocycles. The van der Waals surface area contributed by atoms with Crippen molar-refractivity contribution in [2.45, 2.75) is 26.2 Å². The molecule has 0 fully saturated rings. The zero-order chi connectivity index (χ0) is 12.5. The summed E-state index contributed by atoms with van der Waals surface area (Å²) in [6, 6.07) is 6.72. The van der Waals surface area contributed by atoms with Crippen molar-refractivity contribution in [1.82, 2.24) is 0 Å². The fourth-order valence-corrected chi connectivity index (χ4v) is 1.99. The number of ether oxygens (including phenoxy) is 1. The molecule has 0 aliphatic rings. The van der Waals surface area contributed by atoms with Gasteiger partial charge >= 0.3 is 0 Å². The van der Waals surface area contributed by atoms with E-state index in [0.29, 0.717) is 11.8 Å². The second kappa shape index (κ2) is 8.48. The zero-order valence-electron chi connectivity index (χ0n) is 10.3. The molecular weight excluding hydrogens is 239 g/mol. The van der Waals surface area contributed by atoms with E-state index in [9.17, 15) is 4.39 Å². The lowest BCUT2D eigenvalue weighted by molar-refractivity contribution is 0.122. The van der Waals surface area contributed by atoms with E-state index in [-0.39, 0.29) is 5.82 Å². The fourth-order valence-electron chi connectivity index (χ4n) is 1.73. The SMILES string of the molecule is CCCOCCC(CCl)Cc1cccc(F)c1. The van der Waals surface area contributed by atoms with Gasteiger partial charge in [0.05, 0.1) is 0 Å². The summed E-state index contributed by atoms with van der Waals surface area (Å²) in [4.78, 5) is 0. The van der Waals surface area contributed by atoms with Gasteiger partial charge in [0.15, 0.2) is 0 Å². The Morgan fingerprint density at radius 3 is 2.82 bits per heavy atom. The standard InChI is InChI=1S/C14H20ClFO/c1-2-7-17-8-6-13(11-15)9-12-4-3-5-14(16)10-12/h3-5,10,13H,2,6-9,11H2,1H3. The molecule has 0 aliphatic heterocycles. The topological polar surface area (TPSA) is 9.23 Å². The van der Waals surface area contributed by atoms with Gasteiger partial charge in [-0.2, -0.15) is 0 Å². The van der Waals surface area contributed by atoms with Crippen molar-refractivity contribution in [1.29, 1.82) is 0 Å². The summed E-state index contributed by atoms with van der Waals surface area (Å²) in [6.45, 7) is 3.63. The number of alkyl halides is 1. The van der Waals surface area contributed by atoms with Gasteiger partial charge in [0.25, 0.3) is 0 Å². The van der Waals surface area contributed by atoms with E-state index in [1.165, 1.54) is 6.07 Å². The van der Waals surface area contributed by atoms with Crippen LogP contribution in [0.1, 0.15) is 25.3 Å². The molecule has 17 heavy (non-hydrogen) atoms. The Bertz CT molecular complexity index is 317. The first-order chi connectivity index (χ1) is 8.26. The molecule has 1 aromatic rings. The third-order valence-corrected chi connectivity index (χ3v) is 3.09. The summed E-state index contributed by atoms with van der Waals surface area (Å²) >= 11 is 5.92. The molecule has 1 atom stereocenters.